The van der Waals surface area contributed by atoms with Crippen molar-refractivity contribution in [2.24, 2.45) is 5.41 Å². The van der Waals surface area contributed by atoms with Crippen molar-refractivity contribution in [1.82, 2.24) is 19.7 Å². The first-order valence-electron chi connectivity index (χ1n) is 13.0. The van der Waals surface area contributed by atoms with Gasteiger partial charge in [-0.15, -0.1) is 0 Å². The molecule has 0 amide bonds. The maximum Gasteiger partial charge on any atom is 0.217 e. The molecule has 1 saturated heterocycles. The first-order chi connectivity index (χ1) is 17.5. The van der Waals surface area contributed by atoms with Gasteiger partial charge in [0.2, 0.25) is 6.29 Å². The fraction of sp³-hybridized carbons (Fsp3) is 0.400. The highest BCUT2D eigenvalue weighted by molar-refractivity contribution is 5.78. The lowest BCUT2D eigenvalue weighted by Gasteiger charge is -2.36. The van der Waals surface area contributed by atoms with Gasteiger partial charge in [-0.2, -0.15) is 5.10 Å². The second-order valence-electron chi connectivity index (χ2n) is 10.3. The lowest BCUT2D eigenvalue weighted by Crippen LogP contribution is -2.36. The zero-order chi connectivity index (χ0) is 25.0. The van der Waals surface area contributed by atoms with E-state index in [4.69, 9.17) is 14.5 Å². The molecule has 0 saturated carbocycles. The molecule has 1 fully saturated rings. The molecular weight excluding hydrogens is 464 g/mol. The summed E-state index contributed by atoms with van der Waals surface area (Å²) >= 11 is 0. The molecule has 0 unspecified atom stereocenters. The van der Waals surface area contributed by atoms with Crippen molar-refractivity contribution in [3.8, 4) is 22.5 Å². The number of ether oxygens (including phenoxy) is 2. The van der Waals surface area contributed by atoms with Crippen LogP contribution < -0.4 is 0 Å². The van der Waals surface area contributed by atoms with Gasteiger partial charge < -0.3 is 19.9 Å². The molecule has 2 aromatic carbocycles. The largest absolute Gasteiger partial charge is 0.412 e. The van der Waals surface area contributed by atoms with Gasteiger partial charge in [0.05, 0.1) is 30.3 Å². The van der Waals surface area contributed by atoms with Crippen LogP contribution in [0.25, 0.3) is 22.5 Å². The predicted octanol–water partition coefficient (Wildman–Crippen LogP) is 6.04. The Morgan fingerprint density at radius 3 is 2.19 bits per heavy atom. The maximum atomic E-state index is 6.23. The Bertz CT molecular complexity index is 1200. The zero-order valence-electron chi connectivity index (χ0n) is 22.0. The molecule has 0 aliphatic carbocycles. The Morgan fingerprint density at radius 2 is 1.57 bits per heavy atom. The Balaban J connectivity index is 0.00000320. The molecule has 0 bridgehead atoms. The third-order valence-corrected chi connectivity index (χ3v) is 6.98. The fourth-order valence-electron chi connectivity index (χ4n) is 4.96. The number of aryl methyl sites for hydroxylation is 3. The van der Waals surface area contributed by atoms with E-state index in [1.54, 1.807) is 0 Å². The third-order valence-electron chi connectivity index (χ3n) is 6.98. The molecular formula is C30H38N4O3. The van der Waals surface area contributed by atoms with Crippen LogP contribution in [0.4, 0.5) is 0 Å². The van der Waals surface area contributed by atoms with Gasteiger partial charge in [-0.3, -0.25) is 4.68 Å². The van der Waals surface area contributed by atoms with Gasteiger partial charge >= 0.3 is 0 Å². The van der Waals surface area contributed by atoms with Crippen molar-refractivity contribution >= 4 is 0 Å². The zero-order valence-corrected chi connectivity index (χ0v) is 22.0. The van der Waals surface area contributed by atoms with E-state index in [1.807, 2.05) is 43.3 Å². The number of imidazole rings is 1. The van der Waals surface area contributed by atoms with E-state index in [2.05, 4.69) is 58.9 Å². The molecule has 0 radical (unpaired) electrons. The van der Waals surface area contributed by atoms with Crippen LogP contribution in [-0.2, 0) is 16.0 Å². The number of hydrogen-bond donors (Lipinski definition) is 1. The summed E-state index contributed by atoms with van der Waals surface area (Å²) in [5.74, 6) is 0.722. The monoisotopic (exact) mass is 502 g/mol. The van der Waals surface area contributed by atoms with Gasteiger partial charge in [-0.25, -0.2) is 4.98 Å². The van der Waals surface area contributed by atoms with Crippen LogP contribution in [0, 0.1) is 19.3 Å². The second-order valence-corrected chi connectivity index (χ2v) is 10.3. The molecule has 7 nitrogen and oxygen atoms in total. The van der Waals surface area contributed by atoms with Gasteiger partial charge in [0.25, 0.3) is 0 Å². The van der Waals surface area contributed by atoms with Gasteiger partial charge in [0.15, 0.2) is 5.82 Å². The summed E-state index contributed by atoms with van der Waals surface area (Å²) in [6, 6.07) is 22.7. The van der Waals surface area contributed by atoms with Crippen molar-refractivity contribution in [1.29, 1.82) is 0 Å². The summed E-state index contributed by atoms with van der Waals surface area (Å²) in [7, 11) is 0. The molecule has 0 spiro atoms. The van der Waals surface area contributed by atoms with E-state index < -0.39 is 6.29 Å². The molecule has 196 valence electrons. The molecule has 2 aromatic heterocycles. The van der Waals surface area contributed by atoms with E-state index in [9.17, 15) is 0 Å². The topological polar surface area (TPSA) is 96.5 Å². The SMILES string of the molecule is Cc1cc(C)n(CCCCC[C@]2(C)CO[C@@H](c3nc(-c4ccccc4)c(-c4ccccc4)[nH]3)OC2)n1.O. The van der Waals surface area contributed by atoms with Gasteiger partial charge in [0, 0.05) is 28.8 Å². The van der Waals surface area contributed by atoms with Crippen molar-refractivity contribution in [3.05, 3.63) is 83.9 Å². The standard InChI is InChI=1S/C30H36N4O2.H2O/c1-22-19-23(2)34(33-22)18-12-6-11-17-30(3)20-35-29(36-21-30)28-31-26(24-13-7-4-8-14-24)27(32-28)25-15-9-5-10-16-25;/h4-5,7-10,13-16,19,29H,6,11-12,17-18,20-21H2,1-3H3,(H,31,32);1H2/t29-,30-;. The first kappa shape index (κ1) is 26.8. The number of benzene rings is 2. The summed E-state index contributed by atoms with van der Waals surface area (Å²) in [6.45, 7) is 8.75. The molecule has 3 N–H and O–H groups in total. The van der Waals surface area contributed by atoms with E-state index in [0.29, 0.717) is 13.2 Å². The number of aromatic nitrogens is 4. The average molecular weight is 503 g/mol. The fourth-order valence-corrected chi connectivity index (χ4v) is 4.96. The molecule has 7 heteroatoms. The summed E-state index contributed by atoms with van der Waals surface area (Å²) < 4.78 is 14.6. The van der Waals surface area contributed by atoms with E-state index in [-0.39, 0.29) is 10.9 Å². The molecule has 5 rings (SSSR count). The van der Waals surface area contributed by atoms with E-state index in [1.165, 1.54) is 12.1 Å². The van der Waals surface area contributed by atoms with Crippen molar-refractivity contribution in [2.45, 2.75) is 59.3 Å². The predicted molar refractivity (Wildman–Crippen MR) is 146 cm³/mol. The molecule has 1 aliphatic heterocycles. The Labute approximate surface area is 219 Å². The third kappa shape index (κ3) is 6.36. The molecule has 0 atom stereocenters. The minimum atomic E-state index is -0.482. The normalized spacial score (nSPS) is 19.5. The van der Waals surface area contributed by atoms with Crippen LogP contribution >= 0.6 is 0 Å². The Hall–Kier alpha value is -3.26. The van der Waals surface area contributed by atoms with Crippen LogP contribution in [0.2, 0.25) is 0 Å². The minimum Gasteiger partial charge on any atom is -0.412 e. The summed E-state index contributed by atoms with van der Waals surface area (Å²) in [5, 5.41) is 4.56. The van der Waals surface area contributed by atoms with Crippen molar-refractivity contribution in [2.75, 3.05) is 13.2 Å². The van der Waals surface area contributed by atoms with Crippen molar-refractivity contribution < 1.29 is 14.9 Å². The number of nitrogens with zero attached hydrogens (tertiary/aromatic N) is 3. The van der Waals surface area contributed by atoms with Crippen LogP contribution in [0.15, 0.2) is 66.7 Å². The summed E-state index contributed by atoms with van der Waals surface area (Å²) in [5.41, 5.74) is 6.42. The number of nitrogens with one attached hydrogen (secondary N) is 1. The van der Waals surface area contributed by atoms with Gasteiger partial charge in [-0.05, 0) is 32.8 Å². The maximum absolute atomic E-state index is 6.23. The van der Waals surface area contributed by atoms with E-state index in [0.717, 1.165) is 59.8 Å². The lowest BCUT2D eigenvalue weighted by atomic mass is 9.86. The molecule has 3 heterocycles. The van der Waals surface area contributed by atoms with E-state index >= 15 is 0 Å². The number of rotatable bonds is 9. The van der Waals surface area contributed by atoms with Gasteiger partial charge in [0.1, 0.15) is 0 Å². The number of aromatic amines is 1. The minimum absolute atomic E-state index is 0. The number of H-pyrrole nitrogens is 1. The molecule has 4 aromatic rings. The smallest absolute Gasteiger partial charge is 0.217 e. The quantitative estimate of drug-likeness (QED) is 0.282. The summed E-state index contributed by atoms with van der Waals surface area (Å²) in [4.78, 5) is 8.44. The van der Waals surface area contributed by atoms with Crippen LogP contribution in [-0.4, -0.2) is 38.4 Å². The Morgan fingerprint density at radius 1 is 0.919 bits per heavy atom. The van der Waals surface area contributed by atoms with Crippen LogP contribution in [0.5, 0.6) is 0 Å². The number of unbranched alkanes of at least 4 members (excludes halogenated alkanes) is 2. The summed E-state index contributed by atoms with van der Waals surface area (Å²) in [6.07, 6.45) is 4.07. The van der Waals surface area contributed by atoms with Crippen molar-refractivity contribution in [3.63, 3.8) is 0 Å². The average Bonchev–Trinajstić information content (AvgIpc) is 3.48. The molecule has 37 heavy (non-hydrogen) atoms. The number of hydrogen-bond acceptors (Lipinski definition) is 4. The van der Waals surface area contributed by atoms with Crippen LogP contribution in [0.3, 0.4) is 0 Å². The lowest BCUT2D eigenvalue weighted by molar-refractivity contribution is -0.235. The highest BCUT2D eigenvalue weighted by atomic mass is 16.7. The highest BCUT2D eigenvalue weighted by Gasteiger charge is 2.34. The van der Waals surface area contributed by atoms with Gasteiger partial charge in [-0.1, -0.05) is 80.4 Å². The second kappa shape index (κ2) is 11.9. The Kier molecular flexibility index (Phi) is 8.59. The molecule has 1 aliphatic rings. The van der Waals surface area contributed by atoms with Crippen LogP contribution in [0.1, 0.15) is 56.1 Å². The highest BCUT2D eigenvalue weighted by Crippen LogP contribution is 2.37. The first-order valence-corrected chi connectivity index (χ1v) is 13.0.